The predicted octanol–water partition coefficient (Wildman–Crippen LogP) is 5.33. The van der Waals surface area contributed by atoms with Gasteiger partial charge in [-0.05, 0) is 48.4 Å². The number of nitrogens with zero attached hydrogens (tertiary/aromatic N) is 1. The number of nitrogens with one attached hydrogen (secondary N) is 2. The Morgan fingerprint density at radius 2 is 1.78 bits per heavy atom. The van der Waals surface area contributed by atoms with E-state index in [0.717, 1.165) is 47.1 Å². The molecular formula is C41H54N3O7+. The molecule has 1 amide bonds. The Morgan fingerprint density at radius 1 is 1.04 bits per heavy atom. The Labute approximate surface area is 301 Å². The molecule has 51 heavy (non-hydrogen) atoms. The van der Waals surface area contributed by atoms with Gasteiger partial charge in [0.2, 0.25) is 0 Å². The van der Waals surface area contributed by atoms with Crippen LogP contribution in [0, 0.1) is 11.8 Å². The smallest absolute Gasteiger partial charge is 0.262 e. The first-order valence-electron chi connectivity index (χ1n) is 18.8. The van der Waals surface area contributed by atoms with Gasteiger partial charge in [0.05, 0.1) is 44.7 Å². The maximum atomic E-state index is 12.0. The van der Waals surface area contributed by atoms with Crippen molar-refractivity contribution in [3.05, 3.63) is 89.0 Å². The number of quaternary nitrogens is 1. The molecule has 4 fully saturated rings. The number of hydrogen-bond donors (Lipinski definition) is 5. The number of phenolic OH excluding ortho intramolecular Hbond substituents is 1. The monoisotopic (exact) mass is 700 g/mol. The van der Waals surface area contributed by atoms with Gasteiger partial charge in [0, 0.05) is 43.0 Å². The summed E-state index contributed by atoms with van der Waals surface area (Å²) in [4.78, 5) is 11.7. The largest absolute Gasteiger partial charge is 0.508 e. The summed E-state index contributed by atoms with van der Waals surface area (Å²) in [6, 6.07) is 21.4. The molecule has 3 aromatic carbocycles. The summed E-state index contributed by atoms with van der Waals surface area (Å²) in [5, 5.41) is 39.1. The number of rotatable bonds is 15. The fraction of sp³-hybridized carbons (Fsp3) is 0.537. The maximum Gasteiger partial charge on any atom is 0.262 e. The Balaban J connectivity index is 0.868. The number of hydrogen-bond acceptors (Lipinski definition) is 8. The summed E-state index contributed by atoms with van der Waals surface area (Å²) in [5.74, 6) is 0.858. The van der Waals surface area contributed by atoms with Gasteiger partial charge in [0.1, 0.15) is 36.3 Å². The molecule has 0 radical (unpaired) electrons. The highest BCUT2D eigenvalue weighted by molar-refractivity contribution is 5.96. The van der Waals surface area contributed by atoms with Gasteiger partial charge in [-0.1, -0.05) is 67.4 Å². The molecule has 3 aromatic rings. The van der Waals surface area contributed by atoms with Crippen LogP contribution >= 0.6 is 0 Å². The van der Waals surface area contributed by atoms with Gasteiger partial charge in [0.15, 0.2) is 6.61 Å². The molecule has 0 spiro atoms. The van der Waals surface area contributed by atoms with E-state index in [-0.39, 0.29) is 42.9 Å². The second kappa shape index (κ2) is 15.6. The summed E-state index contributed by atoms with van der Waals surface area (Å²) in [7, 11) is 0. The first-order chi connectivity index (χ1) is 24.7. The van der Waals surface area contributed by atoms with Crippen LogP contribution < -0.4 is 15.4 Å². The van der Waals surface area contributed by atoms with Crippen LogP contribution in [0.4, 0.5) is 5.69 Å². The number of amides is 1. The average Bonchev–Trinajstić information content (AvgIpc) is 3.71. The number of aliphatic hydroxyl groups is 2. The molecule has 2 bridgehead atoms. The third-order valence-corrected chi connectivity index (χ3v) is 12.0. The van der Waals surface area contributed by atoms with Crippen LogP contribution in [0.2, 0.25) is 0 Å². The zero-order valence-corrected chi connectivity index (χ0v) is 29.8. The van der Waals surface area contributed by atoms with E-state index in [1.807, 2.05) is 25.1 Å². The number of ether oxygens (including phenoxy) is 3. The fourth-order valence-corrected chi connectivity index (χ4v) is 8.85. The SMILES string of the molecule is CC(NC[C@H](O)c1cc(O)cc2c1OCC(=O)N2)c1ccc(COCC[N+]23CCC(CC2)[C@@H](OCC(O)(c2ccccc2)C2CCCC2)C3)cc1. The molecule has 4 atom stereocenters. The number of carbonyl (C=O) groups excluding carboxylic acids is 1. The minimum atomic E-state index is -0.940. The Kier molecular flexibility index (Phi) is 11.0. The highest BCUT2D eigenvalue weighted by Gasteiger charge is 2.48. The number of carbonyl (C=O) groups is 1. The van der Waals surface area contributed by atoms with Gasteiger partial charge in [-0.3, -0.25) is 4.79 Å². The second-order valence-electron chi connectivity index (χ2n) is 15.3. The van der Waals surface area contributed by atoms with Gasteiger partial charge in [-0.2, -0.15) is 0 Å². The molecule has 8 rings (SSSR count). The van der Waals surface area contributed by atoms with Crippen molar-refractivity contribution in [2.24, 2.45) is 11.8 Å². The van der Waals surface area contributed by atoms with Gasteiger partial charge in [-0.25, -0.2) is 0 Å². The van der Waals surface area contributed by atoms with Gasteiger partial charge in [0.25, 0.3) is 5.91 Å². The molecule has 1 saturated carbocycles. The Morgan fingerprint density at radius 3 is 2.53 bits per heavy atom. The van der Waals surface area contributed by atoms with E-state index >= 15 is 0 Å². The Bertz CT molecular complexity index is 1620. The van der Waals surface area contributed by atoms with Crippen molar-refractivity contribution in [3.63, 3.8) is 0 Å². The molecule has 2 unspecified atom stereocenters. The molecule has 5 N–H and O–H groups in total. The average molecular weight is 701 g/mol. The Hall–Kier alpha value is -3.51. The first-order valence-corrected chi connectivity index (χ1v) is 18.8. The van der Waals surface area contributed by atoms with Gasteiger partial charge >= 0.3 is 0 Å². The number of benzene rings is 3. The van der Waals surface area contributed by atoms with Crippen molar-refractivity contribution in [1.82, 2.24) is 5.32 Å². The highest BCUT2D eigenvalue weighted by atomic mass is 16.5. The van der Waals surface area contributed by atoms with E-state index in [2.05, 4.69) is 47.0 Å². The van der Waals surface area contributed by atoms with Crippen LogP contribution in [0.5, 0.6) is 11.5 Å². The number of piperidine rings is 3. The summed E-state index contributed by atoms with van der Waals surface area (Å²) in [6.07, 6.45) is 6.07. The van der Waals surface area contributed by atoms with E-state index in [4.69, 9.17) is 14.2 Å². The third kappa shape index (κ3) is 8.11. The van der Waals surface area contributed by atoms with Gasteiger partial charge < -0.3 is 44.6 Å². The fourth-order valence-electron chi connectivity index (χ4n) is 8.85. The lowest BCUT2D eigenvalue weighted by Crippen LogP contribution is -2.65. The van der Waals surface area contributed by atoms with Crippen LogP contribution in [0.15, 0.2) is 66.7 Å². The zero-order chi connectivity index (χ0) is 35.4. The standard InChI is InChI=1S/C41H53N3O7/c1-28(42-23-37(46)35-21-34(45)22-36-40(35)50-26-39(47)43-36)30-13-11-29(12-14-30)25-49-20-19-44-17-15-31(16-18-44)38(24-44)51-27-41(48,33-9-5-6-10-33)32-7-3-2-4-8-32/h2-4,7-8,11-14,21-22,28,31,33,37-38,42,46,48H,5-6,9-10,15-20,23-27H2,1H3,(H-,43,45,47)/p+1/t28?,31?,37-,38-,41?,44?/m0/s1. The molecule has 4 heterocycles. The van der Waals surface area contributed by atoms with Crippen LogP contribution in [0.1, 0.15) is 79.8 Å². The summed E-state index contributed by atoms with van der Waals surface area (Å²) >= 11 is 0. The minimum absolute atomic E-state index is 0.0294. The summed E-state index contributed by atoms with van der Waals surface area (Å²) < 4.78 is 19.5. The van der Waals surface area contributed by atoms with Crippen LogP contribution in [0.3, 0.4) is 0 Å². The van der Waals surface area contributed by atoms with E-state index in [9.17, 15) is 20.1 Å². The molecule has 1 aliphatic carbocycles. The lowest BCUT2D eigenvalue weighted by molar-refractivity contribution is -0.946. The van der Waals surface area contributed by atoms with E-state index in [1.165, 1.54) is 50.9 Å². The van der Waals surface area contributed by atoms with Crippen molar-refractivity contribution in [3.8, 4) is 11.5 Å². The predicted molar refractivity (Wildman–Crippen MR) is 194 cm³/mol. The summed E-state index contributed by atoms with van der Waals surface area (Å²) in [6.45, 7) is 8.07. The normalized spacial score (nSPS) is 25.4. The summed E-state index contributed by atoms with van der Waals surface area (Å²) in [5.41, 5.74) is 3.05. The highest BCUT2D eigenvalue weighted by Crippen LogP contribution is 2.43. The number of aliphatic hydroxyl groups excluding tert-OH is 1. The minimum Gasteiger partial charge on any atom is -0.508 e. The molecular weight excluding hydrogens is 646 g/mol. The lowest BCUT2D eigenvalue weighted by Gasteiger charge is -2.52. The zero-order valence-electron chi connectivity index (χ0n) is 29.8. The topological polar surface area (TPSA) is 130 Å². The van der Waals surface area contributed by atoms with Gasteiger partial charge in [-0.15, -0.1) is 0 Å². The number of fused-ring (bicyclic) bond motifs is 4. The van der Waals surface area contributed by atoms with Crippen LogP contribution in [-0.4, -0.2) is 84.4 Å². The van der Waals surface area contributed by atoms with Crippen molar-refractivity contribution >= 4 is 11.6 Å². The quantitative estimate of drug-likeness (QED) is 0.106. The molecule has 10 heteroatoms. The maximum absolute atomic E-state index is 12.0. The van der Waals surface area contributed by atoms with E-state index in [0.29, 0.717) is 42.7 Å². The third-order valence-electron chi connectivity index (χ3n) is 12.0. The molecule has 0 aromatic heterocycles. The number of anilines is 1. The molecule has 10 nitrogen and oxygen atoms in total. The van der Waals surface area contributed by atoms with Crippen LogP contribution in [-0.2, 0) is 26.5 Å². The number of aromatic hydroxyl groups is 1. The first kappa shape index (κ1) is 35.9. The number of phenols is 1. The van der Waals surface area contributed by atoms with E-state index < -0.39 is 11.7 Å². The second-order valence-corrected chi connectivity index (χ2v) is 15.3. The molecule has 5 aliphatic rings. The van der Waals surface area contributed by atoms with Crippen molar-refractivity contribution in [2.75, 3.05) is 57.9 Å². The van der Waals surface area contributed by atoms with Crippen molar-refractivity contribution < 1.29 is 38.8 Å². The molecule has 274 valence electrons. The van der Waals surface area contributed by atoms with Crippen molar-refractivity contribution in [2.45, 2.75) is 75.9 Å². The van der Waals surface area contributed by atoms with Crippen LogP contribution in [0.25, 0.3) is 0 Å². The van der Waals surface area contributed by atoms with E-state index in [1.54, 1.807) is 0 Å². The van der Waals surface area contributed by atoms with Crippen molar-refractivity contribution in [1.29, 1.82) is 0 Å². The molecule has 3 saturated heterocycles. The molecule has 4 aliphatic heterocycles. The lowest BCUT2D eigenvalue weighted by atomic mass is 9.80.